The second kappa shape index (κ2) is 10.1. The van der Waals surface area contributed by atoms with E-state index in [9.17, 15) is 4.79 Å². The molecule has 1 aliphatic heterocycles. The van der Waals surface area contributed by atoms with Crippen LogP contribution < -0.4 is 5.32 Å². The molecule has 0 bridgehead atoms. The number of likely N-dealkylation sites (tertiary alicyclic amines) is 1. The molecular formula is C29H40N6O3. The van der Waals surface area contributed by atoms with Crippen LogP contribution in [0.25, 0.3) is 23.0 Å². The highest BCUT2D eigenvalue weighted by atomic mass is 16.6. The zero-order valence-corrected chi connectivity index (χ0v) is 23.5. The van der Waals surface area contributed by atoms with Gasteiger partial charge in [0.2, 0.25) is 5.82 Å². The van der Waals surface area contributed by atoms with E-state index >= 15 is 0 Å². The Balaban J connectivity index is 1.22. The van der Waals surface area contributed by atoms with Crippen LogP contribution >= 0.6 is 0 Å². The van der Waals surface area contributed by atoms with Crippen molar-refractivity contribution in [1.29, 1.82) is 0 Å². The molecule has 9 heteroatoms. The third-order valence-corrected chi connectivity index (χ3v) is 7.45. The number of hydrogen-bond acceptors (Lipinski definition) is 7. The van der Waals surface area contributed by atoms with E-state index in [2.05, 4.69) is 35.9 Å². The molecule has 0 radical (unpaired) electrons. The average molecular weight is 521 g/mol. The van der Waals surface area contributed by atoms with Crippen LogP contribution in [0.4, 0.5) is 10.5 Å². The molecular weight excluding hydrogens is 480 g/mol. The Morgan fingerprint density at radius 2 is 1.89 bits per heavy atom. The molecule has 1 N–H and O–H groups in total. The van der Waals surface area contributed by atoms with Gasteiger partial charge in [0.1, 0.15) is 5.60 Å². The summed E-state index contributed by atoms with van der Waals surface area (Å²) in [5, 5.41) is 12.7. The van der Waals surface area contributed by atoms with Crippen molar-refractivity contribution >= 4 is 11.8 Å². The summed E-state index contributed by atoms with van der Waals surface area (Å²) in [6, 6.07) is 8.41. The second-order valence-electron chi connectivity index (χ2n) is 12.3. The van der Waals surface area contributed by atoms with Crippen LogP contribution in [0, 0.1) is 5.41 Å². The zero-order valence-electron chi connectivity index (χ0n) is 23.5. The average Bonchev–Trinajstić information content (AvgIpc) is 3.48. The van der Waals surface area contributed by atoms with Gasteiger partial charge in [0, 0.05) is 48.2 Å². The van der Waals surface area contributed by atoms with Crippen molar-refractivity contribution in [3.8, 4) is 23.0 Å². The van der Waals surface area contributed by atoms with E-state index in [1.807, 2.05) is 45.0 Å². The first-order valence-electron chi connectivity index (χ1n) is 13.8. The Bertz CT molecular complexity index is 1280. The number of amides is 1. The molecule has 0 spiro atoms. The lowest BCUT2D eigenvalue weighted by atomic mass is 9.76. The fraction of sp³-hybridized carbons (Fsp3) is 0.586. The smallest absolute Gasteiger partial charge is 0.410 e. The number of carbonyl (C=O) groups is 1. The van der Waals surface area contributed by atoms with Crippen LogP contribution in [-0.4, -0.2) is 55.6 Å². The van der Waals surface area contributed by atoms with Crippen molar-refractivity contribution in [3.05, 3.63) is 35.5 Å². The van der Waals surface area contributed by atoms with Gasteiger partial charge >= 0.3 is 6.09 Å². The minimum atomic E-state index is -0.471. The first-order valence-corrected chi connectivity index (χ1v) is 13.8. The molecule has 1 fully saturated rings. The minimum absolute atomic E-state index is 0.231. The number of aromatic nitrogens is 4. The Morgan fingerprint density at radius 1 is 1.18 bits per heavy atom. The third-order valence-electron chi connectivity index (χ3n) is 7.45. The third kappa shape index (κ3) is 5.71. The standard InChI is InChI=1S/C29H40N6O3/c1-7-35-23-18-29(5,6)15-12-22(23)24(32-35)26-31-25(33-38-26)19-8-10-20(11-9-19)30-21-13-16-34(17-14-21)27(36)37-28(2,3)4/h8-11,21,30H,7,12-18H2,1-6H3. The number of nitrogens with zero attached hydrogens (tertiary/aromatic N) is 5. The summed E-state index contributed by atoms with van der Waals surface area (Å²) in [5.74, 6) is 1.05. The van der Waals surface area contributed by atoms with Crippen molar-refractivity contribution in [2.45, 2.75) is 91.8 Å². The molecule has 0 saturated carbocycles. The predicted octanol–water partition coefficient (Wildman–Crippen LogP) is 5.95. The molecule has 1 amide bonds. The van der Waals surface area contributed by atoms with Gasteiger partial charge in [0.15, 0.2) is 5.69 Å². The maximum Gasteiger partial charge on any atom is 0.410 e. The summed E-state index contributed by atoms with van der Waals surface area (Å²) < 4.78 is 13.3. The highest BCUT2D eigenvalue weighted by Crippen LogP contribution is 2.39. The normalized spacial score (nSPS) is 17.8. The number of nitrogens with one attached hydrogen (secondary N) is 1. The van der Waals surface area contributed by atoms with Crippen LogP contribution in [0.15, 0.2) is 28.8 Å². The van der Waals surface area contributed by atoms with Crippen molar-refractivity contribution in [2.24, 2.45) is 5.41 Å². The largest absolute Gasteiger partial charge is 0.444 e. The molecule has 9 nitrogen and oxygen atoms in total. The molecule has 1 saturated heterocycles. The summed E-state index contributed by atoms with van der Waals surface area (Å²) in [7, 11) is 0. The van der Waals surface area contributed by atoms with Gasteiger partial charge < -0.3 is 19.5 Å². The predicted molar refractivity (Wildman–Crippen MR) is 147 cm³/mol. The van der Waals surface area contributed by atoms with E-state index in [-0.39, 0.29) is 11.5 Å². The van der Waals surface area contributed by atoms with Gasteiger partial charge in [-0.15, -0.1) is 0 Å². The fourth-order valence-corrected chi connectivity index (χ4v) is 5.35. The Morgan fingerprint density at radius 3 is 2.55 bits per heavy atom. The van der Waals surface area contributed by atoms with Gasteiger partial charge in [-0.05, 0) is 89.5 Å². The quantitative estimate of drug-likeness (QED) is 0.444. The number of hydrogen-bond donors (Lipinski definition) is 1. The van der Waals surface area contributed by atoms with Crippen LogP contribution in [0.2, 0.25) is 0 Å². The topological polar surface area (TPSA) is 98.3 Å². The summed E-state index contributed by atoms with van der Waals surface area (Å²) >= 11 is 0. The summed E-state index contributed by atoms with van der Waals surface area (Å²) in [6.07, 6.45) is 4.64. The molecule has 1 aliphatic carbocycles. The van der Waals surface area contributed by atoms with Crippen LogP contribution in [0.1, 0.15) is 72.1 Å². The molecule has 2 aromatic heterocycles. The Hall–Kier alpha value is -3.36. The van der Waals surface area contributed by atoms with Gasteiger partial charge in [0.25, 0.3) is 5.89 Å². The van der Waals surface area contributed by atoms with E-state index < -0.39 is 5.60 Å². The van der Waals surface area contributed by atoms with Crippen LogP contribution in [0.3, 0.4) is 0 Å². The summed E-state index contributed by atoms with van der Waals surface area (Å²) in [5.41, 5.74) is 5.11. The lowest BCUT2D eigenvalue weighted by Gasteiger charge is -2.34. The molecule has 5 rings (SSSR count). The van der Waals surface area contributed by atoms with Gasteiger partial charge in [0.05, 0.1) is 0 Å². The van der Waals surface area contributed by atoms with E-state index in [0.717, 1.165) is 55.6 Å². The maximum absolute atomic E-state index is 12.3. The molecule has 3 heterocycles. The highest BCUT2D eigenvalue weighted by Gasteiger charge is 2.32. The van der Waals surface area contributed by atoms with Crippen molar-refractivity contribution in [3.63, 3.8) is 0 Å². The summed E-state index contributed by atoms with van der Waals surface area (Å²) in [6.45, 7) is 14.6. The molecule has 3 aromatic rings. The summed E-state index contributed by atoms with van der Waals surface area (Å²) in [4.78, 5) is 18.8. The second-order valence-corrected chi connectivity index (χ2v) is 12.3. The first-order chi connectivity index (χ1) is 18.0. The molecule has 204 valence electrons. The lowest BCUT2D eigenvalue weighted by molar-refractivity contribution is 0.0210. The number of carbonyl (C=O) groups excluding carboxylic acids is 1. The zero-order chi connectivity index (χ0) is 27.1. The number of ether oxygens (including phenoxy) is 1. The number of anilines is 1. The fourth-order valence-electron chi connectivity index (χ4n) is 5.35. The maximum atomic E-state index is 12.3. The monoisotopic (exact) mass is 520 g/mol. The molecule has 1 aromatic carbocycles. The first kappa shape index (κ1) is 26.3. The van der Waals surface area contributed by atoms with Crippen molar-refractivity contribution < 1.29 is 14.1 Å². The SMILES string of the molecule is CCn1nc(-c2nc(-c3ccc(NC4CCN(C(=O)OC(C)(C)C)CC4)cc3)no2)c2c1CC(C)(C)CC2. The van der Waals surface area contributed by atoms with Crippen molar-refractivity contribution in [2.75, 3.05) is 18.4 Å². The van der Waals surface area contributed by atoms with E-state index in [4.69, 9.17) is 19.3 Å². The number of fused-ring (bicyclic) bond motifs is 1. The molecule has 38 heavy (non-hydrogen) atoms. The molecule has 2 aliphatic rings. The highest BCUT2D eigenvalue weighted by molar-refractivity contribution is 5.68. The molecule has 0 unspecified atom stereocenters. The van der Waals surface area contributed by atoms with Crippen LogP contribution in [-0.2, 0) is 24.1 Å². The molecule has 0 atom stereocenters. The van der Waals surface area contributed by atoms with Gasteiger partial charge in [-0.1, -0.05) is 19.0 Å². The number of benzene rings is 1. The van der Waals surface area contributed by atoms with Crippen LogP contribution in [0.5, 0.6) is 0 Å². The Labute approximate surface area is 224 Å². The van der Waals surface area contributed by atoms with Crippen molar-refractivity contribution in [1.82, 2.24) is 24.8 Å². The van der Waals surface area contributed by atoms with Gasteiger partial charge in [-0.25, -0.2) is 4.79 Å². The minimum Gasteiger partial charge on any atom is -0.444 e. The van der Waals surface area contributed by atoms with E-state index in [0.29, 0.717) is 30.8 Å². The van der Waals surface area contributed by atoms with E-state index in [1.165, 1.54) is 11.3 Å². The van der Waals surface area contributed by atoms with E-state index in [1.54, 1.807) is 4.90 Å². The Kier molecular flexibility index (Phi) is 6.96. The number of piperidine rings is 1. The van der Waals surface area contributed by atoms with Gasteiger partial charge in [-0.3, -0.25) is 4.68 Å². The number of rotatable bonds is 5. The number of aryl methyl sites for hydroxylation is 1. The van der Waals surface area contributed by atoms with Gasteiger partial charge in [-0.2, -0.15) is 10.1 Å². The lowest BCUT2D eigenvalue weighted by Crippen LogP contribution is -2.44.